The van der Waals surface area contributed by atoms with Crippen molar-refractivity contribution in [2.24, 2.45) is 0 Å². The van der Waals surface area contributed by atoms with Crippen molar-refractivity contribution in [1.82, 2.24) is 14.4 Å². The van der Waals surface area contributed by atoms with E-state index in [0.29, 0.717) is 18.8 Å². The minimum absolute atomic E-state index is 0.100. The van der Waals surface area contributed by atoms with Crippen LogP contribution in [0, 0.1) is 0 Å². The second-order valence-electron chi connectivity index (χ2n) is 9.39. The Bertz CT molecular complexity index is 1500. The Hall–Kier alpha value is -3.76. The van der Waals surface area contributed by atoms with Gasteiger partial charge in [-0.1, -0.05) is 30.9 Å². The largest absolute Gasteiger partial charge is 0.434 e. The molecule has 1 fully saturated rings. The molecule has 1 unspecified atom stereocenters. The van der Waals surface area contributed by atoms with E-state index in [1.165, 1.54) is 4.40 Å². The van der Waals surface area contributed by atoms with Crippen molar-refractivity contribution >= 4 is 34.3 Å². The molecule has 1 aliphatic heterocycles. The highest BCUT2D eigenvalue weighted by atomic mass is 19.4. The van der Waals surface area contributed by atoms with E-state index < -0.39 is 29.7 Å². The molecule has 1 aliphatic rings. The van der Waals surface area contributed by atoms with Crippen LogP contribution < -0.4 is 10.2 Å². The van der Waals surface area contributed by atoms with E-state index in [4.69, 9.17) is 4.98 Å². The number of para-hydroxylation sites is 1. The molecule has 0 spiro atoms. The van der Waals surface area contributed by atoms with Crippen LogP contribution in [-0.4, -0.2) is 27.5 Å². The predicted molar refractivity (Wildman–Crippen MR) is 135 cm³/mol. The van der Waals surface area contributed by atoms with Gasteiger partial charge in [0.2, 0.25) is 5.95 Å². The third-order valence-corrected chi connectivity index (χ3v) is 6.79. The van der Waals surface area contributed by atoms with Gasteiger partial charge in [-0.2, -0.15) is 26.3 Å². The average Bonchev–Trinajstić information content (AvgIpc) is 3.34. The van der Waals surface area contributed by atoms with E-state index in [-0.39, 0.29) is 28.1 Å². The molecule has 4 aromatic rings. The third-order valence-electron chi connectivity index (χ3n) is 6.79. The molecule has 5 nitrogen and oxygen atoms in total. The van der Waals surface area contributed by atoms with Crippen molar-refractivity contribution < 1.29 is 26.3 Å². The van der Waals surface area contributed by atoms with Gasteiger partial charge < -0.3 is 10.2 Å². The van der Waals surface area contributed by atoms with Crippen molar-refractivity contribution in [2.45, 2.75) is 44.6 Å². The fraction of sp³-hybridized carbons (Fsp3) is 0.333. The SMILES string of the molecule is C=Cc1ccccc1NC(C)c1cc(C(F)(F)F)cc2c1nc(N1CCCCC1)n1cc(C(F)(F)F)nc21. The number of rotatable bonds is 5. The van der Waals surface area contributed by atoms with Gasteiger partial charge in [0.1, 0.15) is 5.65 Å². The van der Waals surface area contributed by atoms with Gasteiger partial charge in [-0.05, 0) is 49.9 Å². The van der Waals surface area contributed by atoms with Gasteiger partial charge in [-0.3, -0.25) is 4.40 Å². The quantitative estimate of drug-likeness (QED) is 0.267. The van der Waals surface area contributed by atoms with Crippen molar-refractivity contribution in [1.29, 1.82) is 0 Å². The van der Waals surface area contributed by atoms with Crippen molar-refractivity contribution in [3.63, 3.8) is 0 Å². The smallest absolute Gasteiger partial charge is 0.378 e. The van der Waals surface area contributed by atoms with E-state index in [2.05, 4.69) is 16.9 Å². The lowest BCUT2D eigenvalue weighted by Crippen LogP contribution is -2.32. The number of anilines is 2. The van der Waals surface area contributed by atoms with Gasteiger partial charge in [0, 0.05) is 35.9 Å². The fourth-order valence-corrected chi connectivity index (χ4v) is 4.89. The molecule has 200 valence electrons. The number of aromatic nitrogens is 3. The minimum Gasteiger partial charge on any atom is -0.378 e. The van der Waals surface area contributed by atoms with Gasteiger partial charge in [-0.25, -0.2) is 9.97 Å². The Balaban J connectivity index is 1.79. The number of piperidine rings is 1. The van der Waals surface area contributed by atoms with Crippen LogP contribution in [0.4, 0.5) is 38.0 Å². The van der Waals surface area contributed by atoms with Crippen LogP contribution >= 0.6 is 0 Å². The zero-order chi connectivity index (χ0) is 27.2. The first-order chi connectivity index (χ1) is 18.0. The maximum Gasteiger partial charge on any atom is 0.434 e. The topological polar surface area (TPSA) is 45.5 Å². The van der Waals surface area contributed by atoms with E-state index in [9.17, 15) is 26.3 Å². The van der Waals surface area contributed by atoms with Crippen molar-refractivity contribution in [3.8, 4) is 0 Å². The number of nitrogens with one attached hydrogen (secondary N) is 1. The molecular formula is C27H25F6N5. The molecule has 0 aliphatic carbocycles. The lowest BCUT2D eigenvalue weighted by Gasteiger charge is -2.29. The van der Waals surface area contributed by atoms with Crippen LogP contribution in [0.25, 0.3) is 22.6 Å². The maximum atomic E-state index is 14.0. The van der Waals surface area contributed by atoms with Crippen molar-refractivity contribution in [3.05, 3.63) is 71.6 Å². The minimum atomic E-state index is -4.77. The Kier molecular flexibility index (Phi) is 6.48. The van der Waals surface area contributed by atoms with E-state index >= 15 is 0 Å². The monoisotopic (exact) mass is 533 g/mol. The molecule has 0 radical (unpaired) electrons. The maximum absolute atomic E-state index is 14.0. The van der Waals surface area contributed by atoms with Gasteiger partial charge in [-0.15, -0.1) is 0 Å². The highest BCUT2D eigenvalue weighted by Gasteiger charge is 2.37. The number of hydrogen-bond acceptors (Lipinski definition) is 4. The molecule has 5 rings (SSSR count). The molecule has 1 saturated heterocycles. The highest BCUT2D eigenvalue weighted by molar-refractivity contribution is 5.96. The summed E-state index contributed by atoms with van der Waals surface area (Å²) in [6.45, 7) is 6.61. The standard InChI is InChI=1S/C27H25F6N5/c1-3-17-9-5-6-10-21(17)34-16(2)19-13-18(26(28,29)30)14-20-23(19)36-25(37-11-7-4-8-12-37)38-15-22(27(31,32)33)35-24(20)38/h3,5-6,9-10,13-16,34H,1,4,7-8,11-12H2,2H3. The zero-order valence-electron chi connectivity index (χ0n) is 20.5. The number of nitrogens with zero attached hydrogens (tertiary/aromatic N) is 4. The first kappa shape index (κ1) is 25.9. The number of alkyl halides is 6. The first-order valence-electron chi connectivity index (χ1n) is 12.2. The van der Waals surface area contributed by atoms with E-state index in [0.717, 1.165) is 43.2 Å². The molecule has 11 heteroatoms. The molecule has 2 aromatic heterocycles. The summed E-state index contributed by atoms with van der Waals surface area (Å²) in [6, 6.07) is 8.34. The zero-order valence-corrected chi connectivity index (χ0v) is 20.5. The Morgan fingerprint density at radius 3 is 2.34 bits per heavy atom. The molecule has 1 atom stereocenters. The second-order valence-corrected chi connectivity index (χ2v) is 9.39. The average molecular weight is 534 g/mol. The Morgan fingerprint density at radius 1 is 0.974 bits per heavy atom. The molecule has 1 N–H and O–H groups in total. The molecule has 0 amide bonds. The first-order valence-corrected chi connectivity index (χ1v) is 12.2. The lowest BCUT2D eigenvalue weighted by atomic mass is 9.99. The lowest BCUT2D eigenvalue weighted by molar-refractivity contribution is -0.141. The number of halogens is 6. The molecule has 0 saturated carbocycles. The number of hydrogen-bond donors (Lipinski definition) is 1. The second kappa shape index (κ2) is 9.52. The molecule has 38 heavy (non-hydrogen) atoms. The number of imidazole rings is 1. The summed E-state index contributed by atoms with van der Waals surface area (Å²) in [4.78, 5) is 10.3. The van der Waals surface area contributed by atoms with Gasteiger partial charge in [0.15, 0.2) is 5.69 Å². The summed E-state index contributed by atoms with van der Waals surface area (Å²) in [7, 11) is 0. The fourth-order valence-electron chi connectivity index (χ4n) is 4.89. The van der Waals surface area contributed by atoms with E-state index in [1.807, 2.05) is 17.0 Å². The summed E-state index contributed by atoms with van der Waals surface area (Å²) < 4.78 is 84.2. The summed E-state index contributed by atoms with van der Waals surface area (Å²) >= 11 is 0. The number of fused-ring (bicyclic) bond motifs is 3. The molecule has 3 heterocycles. The highest BCUT2D eigenvalue weighted by Crippen LogP contribution is 2.39. The van der Waals surface area contributed by atoms with Crippen LogP contribution in [0.2, 0.25) is 0 Å². The van der Waals surface area contributed by atoms with Crippen molar-refractivity contribution in [2.75, 3.05) is 23.3 Å². The van der Waals surface area contributed by atoms with Crippen LogP contribution in [0.15, 0.2) is 49.2 Å². The van der Waals surface area contributed by atoms with Gasteiger partial charge in [0.25, 0.3) is 0 Å². The third kappa shape index (κ3) is 4.77. The van der Waals surface area contributed by atoms with Crippen LogP contribution in [0.3, 0.4) is 0 Å². The van der Waals surface area contributed by atoms with Gasteiger partial charge in [0.05, 0.1) is 17.1 Å². The number of benzene rings is 2. The Morgan fingerprint density at radius 2 is 1.68 bits per heavy atom. The molecule has 2 aromatic carbocycles. The normalized spacial score (nSPS) is 15.7. The predicted octanol–water partition coefficient (Wildman–Crippen LogP) is 7.73. The summed E-state index contributed by atoms with van der Waals surface area (Å²) in [6.07, 6.45) is -4.42. The molecular weight excluding hydrogens is 508 g/mol. The van der Waals surface area contributed by atoms with E-state index in [1.54, 1.807) is 25.1 Å². The van der Waals surface area contributed by atoms with Gasteiger partial charge >= 0.3 is 12.4 Å². The summed E-state index contributed by atoms with van der Waals surface area (Å²) in [5, 5.41) is 3.13. The van der Waals surface area contributed by atoms with Crippen LogP contribution in [0.1, 0.15) is 54.6 Å². The van der Waals surface area contributed by atoms with Crippen LogP contribution in [-0.2, 0) is 12.4 Å². The summed E-state index contributed by atoms with van der Waals surface area (Å²) in [5.74, 6) is 0.231. The Labute approximate surface area is 214 Å². The summed E-state index contributed by atoms with van der Waals surface area (Å²) in [5.41, 5.74) is -0.616. The van der Waals surface area contributed by atoms with Crippen LogP contribution in [0.5, 0.6) is 0 Å². The molecule has 0 bridgehead atoms.